The molecule has 0 bridgehead atoms. The van der Waals surface area contributed by atoms with E-state index in [2.05, 4.69) is 4.90 Å². The zero-order valence-corrected chi connectivity index (χ0v) is 15.7. The second kappa shape index (κ2) is 9.64. The Labute approximate surface area is 163 Å². The molecule has 0 saturated carbocycles. The first-order chi connectivity index (χ1) is 13.5. The van der Waals surface area contributed by atoms with Gasteiger partial charge in [0.15, 0.2) is 6.61 Å². The number of benzene rings is 2. The van der Waals surface area contributed by atoms with Crippen LogP contribution in [0.3, 0.4) is 0 Å². The first-order valence-electron chi connectivity index (χ1n) is 9.60. The van der Waals surface area contributed by atoms with Crippen molar-refractivity contribution in [3.05, 3.63) is 65.2 Å². The summed E-state index contributed by atoms with van der Waals surface area (Å²) < 4.78 is 32.9. The van der Waals surface area contributed by atoms with Gasteiger partial charge in [-0.1, -0.05) is 18.2 Å². The van der Waals surface area contributed by atoms with E-state index in [-0.39, 0.29) is 12.2 Å². The van der Waals surface area contributed by atoms with Crippen LogP contribution in [-0.4, -0.2) is 35.7 Å². The molecule has 1 fully saturated rings. The van der Waals surface area contributed by atoms with Gasteiger partial charge in [-0.2, -0.15) is 0 Å². The molecule has 0 spiro atoms. The Hall–Kier alpha value is -2.47. The molecule has 0 radical (unpaired) electrons. The Morgan fingerprint density at radius 3 is 2.68 bits per heavy atom. The minimum Gasteiger partial charge on any atom is -0.482 e. The summed E-state index contributed by atoms with van der Waals surface area (Å²) in [6, 6.07) is 11.5. The van der Waals surface area contributed by atoms with Crippen molar-refractivity contribution in [3.8, 4) is 5.75 Å². The topological polar surface area (TPSA) is 49.8 Å². The summed E-state index contributed by atoms with van der Waals surface area (Å²) in [5.41, 5.74) is 1.24. The van der Waals surface area contributed by atoms with Crippen molar-refractivity contribution in [1.82, 2.24) is 4.90 Å². The number of piperidine rings is 1. The molecule has 6 heteroatoms. The van der Waals surface area contributed by atoms with Crippen LogP contribution in [0.4, 0.5) is 8.78 Å². The monoisotopic (exact) mass is 389 g/mol. The van der Waals surface area contributed by atoms with E-state index in [4.69, 9.17) is 9.84 Å². The number of carboxylic acid groups (broad SMARTS) is 1. The number of nitrogens with zero attached hydrogens (tertiary/aromatic N) is 1. The van der Waals surface area contributed by atoms with Crippen molar-refractivity contribution in [2.45, 2.75) is 32.2 Å². The van der Waals surface area contributed by atoms with Gasteiger partial charge in [-0.25, -0.2) is 13.6 Å². The fraction of sp³-hybridized carbons (Fsp3) is 0.409. The van der Waals surface area contributed by atoms with Gasteiger partial charge in [0.25, 0.3) is 0 Å². The third-order valence-electron chi connectivity index (χ3n) is 5.13. The molecule has 28 heavy (non-hydrogen) atoms. The summed E-state index contributed by atoms with van der Waals surface area (Å²) in [7, 11) is 0. The van der Waals surface area contributed by atoms with Gasteiger partial charge in [0, 0.05) is 18.7 Å². The van der Waals surface area contributed by atoms with E-state index in [1.807, 2.05) is 18.2 Å². The van der Waals surface area contributed by atoms with Crippen LogP contribution < -0.4 is 4.74 Å². The first kappa shape index (κ1) is 20.3. The fourth-order valence-electron chi connectivity index (χ4n) is 3.79. The summed E-state index contributed by atoms with van der Waals surface area (Å²) in [5.74, 6) is -0.991. The Bertz CT molecular complexity index is 792. The third kappa shape index (κ3) is 5.76. The lowest BCUT2D eigenvalue weighted by atomic mass is 9.91. The summed E-state index contributed by atoms with van der Waals surface area (Å²) >= 11 is 0. The normalized spacial score (nSPS) is 17.4. The molecule has 150 valence electrons. The molecule has 1 atom stereocenters. The molecule has 1 heterocycles. The van der Waals surface area contributed by atoms with Crippen LogP contribution in [0.1, 0.15) is 30.4 Å². The first-order valence-corrected chi connectivity index (χ1v) is 9.60. The SMILES string of the molecule is O=C(O)COc1cccc(CN2CCCC(CCc3c(F)cccc3F)C2)c1. The molecule has 1 aliphatic rings. The molecular weight excluding hydrogens is 364 g/mol. The summed E-state index contributed by atoms with van der Waals surface area (Å²) in [6.45, 7) is 2.25. The highest BCUT2D eigenvalue weighted by Crippen LogP contribution is 2.25. The molecule has 1 saturated heterocycles. The number of hydrogen-bond donors (Lipinski definition) is 1. The number of carboxylic acids is 1. The lowest BCUT2D eigenvalue weighted by molar-refractivity contribution is -0.139. The maximum absolute atomic E-state index is 13.8. The zero-order valence-electron chi connectivity index (χ0n) is 15.7. The fourth-order valence-corrected chi connectivity index (χ4v) is 3.79. The van der Waals surface area contributed by atoms with Crippen LogP contribution in [0.15, 0.2) is 42.5 Å². The molecule has 3 rings (SSSR count). The van der Waals surface area contributed by atoms with E-state index < -0.39 is 17.6 Å². The number of hydrogen-bond acceptors (Lipinski definition) is 3. The van der Waals surface area contributed by atoms with Crippen LogP contribution in [0.5, 0.6) is 5.75 Å². The highest BCUT2D eigenvalue weighted by Gasteiger charge is 2.21. The Morgan fingerprint density at radius 1 is 1.18 bits per heavy atom. The van der Waals surface area contributed by atoms with Crippen molar-refractivity contribution < 1.29 is 23.4 Å². The van der Waals surface area contributed by atoms with Gasteiger partial charge in [-0.05, 0) is 68.0 Å². The van der Waals surface area contributed by atoms with Gasteiger partial charge in [-0.15, -0.1) is 0 Å². The average Bonchev–Trinajstić information content (AvgIpc) is 2.67. The molecule has 1 unspecified atom stereocenters. The predicted molar refractivity (Wildman–Crippen MR) is 102 cm³/mol. The highest BCUT2D eigenvalue weighted by atomic mass is 19.1. The Kier molecular flexibility index (Phi) is 6.98. The lowest BCUT2D eigenvalue weighted by Crippen LogP contribution is -2.35. The number of likely N-dealkylation sites (tertiary alicyclic amines) is 1. The molecule has 2 aromatic rings. The number of rotatable bonds is 8. The average molecular weight is 389 g/mol. The lowest BCUT2D eigenvalue weighted by Gasteiger charge is -2.33. The van der Waals surface area contributed by atoms with E-state index in [1.165, 1.54) is 18.2 Å². The number of halogens is 2. The molecule has 0 aromatic heterocycles. The molecular formula is C22H25F2NO3. The van der Waals surface area contributed by atoms with Gasteiger partial charge in [0.1, 0.15) is 17.4 Å². The number of aliphatic carboxylic acids is 1. The van der Waals surface area contributed by atoms with Gasteiger partial charge in [0.05, 0.1) is 0 Å². The maximum Gasteiger partial charge on any atom is 0.341 e. The number of ether oxygens (including phenoxy) is 1. The van der Waals surface area contributed by atoms with Crippen molar-refractivity contribution in [1.29, 1.82) is 0 Å². The summed E-state index contributed by atoms with van der Waals surface area (Å²) in [4.78, 5) is 13.0. The van der Waals surface area contributed by atoms with Crippen LogP contribution in [0.25, 0.3) is 0 Å². The highest BCUT2D eigenvalue weighted by molar-refractivity contribution is 5.68. The summed E-state index contributed by atoms with van der Waals surface area (Å²) in [6.07, 6.45) is 3.29. The van der Waals surface area contributed by atoms with Crippen molar-refractivity contribution in [3.63, 3.8) is 0 Å². The van der Waals surface area contributed by atoms with Crippen LogP contribution in [0, 0.1) is 17.6 Å². The van der Waals surface area contributed by atoms with Crippen molar-refractivity contribution >= 4 is 5.97 Å². The minimum absolute atomic E-state index is 0.183. The number of carbonyl (C=O) groups is 1. The van der Waals surface area contributed by atoms with Gasteiger partial charge >= 0.3 is 5.97 Å². The molecule has 1 aliphatic heterocycles. The van der Waals surface area contributed by atoms with Gasteiger partial charge < -0.3 is 9.84 Å². The zero-order chi connectivity index (χ0) is 19.9. The second-order valence-electron chi connectivity index (χ2n) is 7.31. The smallest absolute Gasteiger partial charge is 0.341 e. The van der Waals surface area contributed by atoms with Crippen molar-refractivity contribution in [2.24, 2.45) is 5.92 Å². The van der Waals surface area contributed by atoms with Crippen LogP contribution >= 0.6 is 0 Å². The Balaban J connectivity index is 1.53. The van der Waals surface area contributed by atoms with E-state index in [9.17, 15) is 13.6 Å². The van der Waals surface area contributed by atoms with E-state index in [0.29, 0.717) is 18.1 Å². The third-order valence-corrected chi connectivity index (χ3v) is 5.13. The van der Waals surface area contributed by atoms with Gasteiger partial charge in [0.2, 0.25) is 0 Å². The molecule has 1 N–H and O–H groups in total. The van der Waals surface area contributed by atoms with Crippen LogP contribution in [-0.2, 0) is 17.8 Å². The van der Waals surface area contributed by atoms with E-state index in [0.717, 1.165) is 44.5 Å². The Morgan fingerprint density at radius 2 is 1.93 bits per heavy atom. The minimum atomic E-state index is -1.00. The second-order valence-corrected chi connectivity index (χ2v) is 7.31. The van der Waals surface area contributed by atoms with Crippen molar-refractivity contribution in [2.75, 3.05) is 19.7 Å². The predicted octanol–water partition coefficient (Wildman–Crippen LogP) is 4.27. The summed E-state index contributed by atoms with van der Waals surface area (Å²) in [5, 5.41) is 8.72. The van der Waals surface area contributed by atoms with E-state index >= 15 is 0 Å². The van der Waals surface area contributed by atoms with Crippen LogP contribution in [0.2, 0.25) is 0 Å². The molecule has 4 nitrogen and oxygen atoms in total. The largest absolute Gasteiger partial charge is 0.482 e. The standard InChI is InChI=1S/C22H25F2NO3/c23-20-7-2-8-21(24)19(20)10-9-16-5-3-11-25(13-16)14-17-4-1-6-18(12-17)28-15-22(26)27/h1-2,4,6-8,12,16H,3,5,9-11,13-15H2,(H,26,27). The van der Waals surface area contributed by atoms with E-state index in [1.54, 1.807) is 6.07 Å². The molecule has 0 aliphatic carbocycles. The quantitative estimate of drug-likeness (QED) is 0.732. The van der Waals surface area contributed by atoms with Gasteiger partial charge in [-0.3, -0.25) is 4.90 Å². The molecule has 0 amide bonds. The molecule has 2 aromatic carbocycles. The maximum atomic E-state index is 13.8.